The first kappa shape index (κ1) is 9.18. The Labute approximate surface area is 74.5 Å². The van der Waals surface area contributed by atoms with Crippen LogP contribution < -0.4 is 5.73 Å². The molecule has 0 aliphatic rings. The molecule has 0 fully saturated rings. The summed E-state index contributed by atoms with van der Waals surface area (Å²) < 4.78 is 4.51. The van der Waals surface area contributed by atoms with E-state index in [0.29, 0.717) is 0 Å². The molecule has 5 nitrogen and oxygen atoms in total. The molecular formula is C8H8N2O3. The average molecular weight is 180 g/mol. The third-order valence-electron chi connectivity index (χ3n) is 1.22. The van der Waals surface area contributed by atoms with Crippen molar-refractivity contribution in [2.24, 2.45) is 5.73 Å². The van der Waals surface area contributed by atoms with Crippen LogP contribution in [0.2, 0.25) is 0 Å². The molecule has 1 heterocycles. The topological polar surface area (TPSA) is 82.3 Å². The lowest BCUT2D eigenvalue weighted by Crippen LogP contribution is -2.21. The lowest BCUT2D eigenvalue weighted by Gasteiger charge is -1.99. The van der Waals surface area contributed by atoms with Crippen LogP contribution in [0.5, 0.6) is 0 Å². The number of carbonyl (C=O) groups excluding carboxylic acids is 2. The second kappa shape index (κ2) is 4.20. The molecule has 13 heavy (non-hydrogen) atoms. The first-order valence-electron chi connectivity index (χ1n) is 3.56. The van der Waals surface area contributed by atoms with Crippen molar-refractivity contribution in [2.45, 2.75) is 0 Å². The minimum absolute atomic E-state index is 0.156. The normalized spacial score (nSPS) is 9.23. The Hall–Kier alpha value is -1.91. The zero-order valence-electron chi connectivity index (χ0n) is 6.77. The number of rotatable bonds is 3. The van der Waals surface area contributed by atoms with E-state index in [1.165, 1.54) is 12.3 Å². The Balaban J connectivity index is 2.54. The summed E-state index contributed by atoms with van der Waals surface area (Å²) in [6.07, 6.45) is 1.46. The summed E-state index contributed by atoms with van der Waals surface area (Å²) in [4.78, 5) is 25.0. The van der Waals surface area contributed by atoms with E-state index < -0.39 is 18.5 Å². The van der Waals surface area contributed by atoms with Crippen molar-refractivity contribution in [1.29, 1.82) is 0 Å². The summed E-state index contributed by atoms with van der Waals surface area (Å²) in [5.74, 6) is -1.34. The number of aromatic nitrogens is 1. The van der Waals surface area contributed by atoms with Crippen LogP contribution in [0.1, 0.15) is 10.5 Å². The fraction of sp³-hybridized carbons (Fsp3) is 0.125. The molecule has 0 unspecified atom stereocenters. The van der Waals surface area contributed by atoms with Gasteiger partial charge in [-0.15, -0.1) is 0 Å². The van der Waals surface area contributed by atoms with Crippen molar-refractivity contribution in [3.8, 4) is 0 Å². The number of esters is 1. The van der Waals surface area contributed by atoms with Crippen LogP contribution in [0.15, 0.2) is 24.4 Å². The minimum Gasteiger partial charge on any atom is -0.451 e. The van der Waals surface area contributed by atoms with E-state index in [1.54, 1.807) is 12.1 Å². The van der Waals surface area contributed by atoms with Gasteiger partial charge in [0.2, 0.25) is 0 Å². The molecule has 1 amide bonds. The van der Waals surface area contributed by atoms with Gasteiger partial charge in [0.1, 0.15) is 5.69 Å². The van der Waals surface area contributed by atoms with E-state index in [4.69, 9.17) is 5.73 Å². The molecule has 0 aliphatic carbocycles. The number of primary amides is 1. The highest BCUT2D eigenvalue weighted by atomic mass is 16.5. The highest BCUT2D eigenvalue weighted by molar-refractivity contribution is 5.89. The molecule has 1 aromatic rings. The molecule has 2 N–H and O–H groups in total. The van der Waals surface area contributed by atoms with Gasteiger partial charge in [-0.2, -0.15) is 0 Å². The van der Waals surface area contributed by atoms with Gasteiger partial charge in [0.15, 0.2) is 6.61 Å². The van der Waals surface area contributed by atoms with Gasteiger partial charge in [-0.25, -0.2) is 9.78 Å². The average Bonchev–Trinajstić information content (AvgIpc) is 2.15. The number of hydrogen-bond donors (Lipinski definition) is 1. The minimum atomic E-state index is -0.690. The molecular weight excluding hydrogens is 172 g/mol. The molecule has 68 valence electrons. The van der Waals surface area contributed by atoms with Crippen LogP contribution in [0.25, 0.3) is 0 Å². The second-order valence-corrected chi connectivity index (χ2v) is 2.26. The Bertz CT molecular complexity index is 310. The molecule has 0 radical (unpaired) electrons. The van der Waals surface area contributed by atoms with Gasteiger partial charge in [-0.3, -0.25) is 4.79 Å². The molecule has 1 rings (SSSR count). The lowest BCUT2D eigenvalue weighted by molar-refractivity contribution is -0.121. The summed E-state index contributed by atoms with van der Waals surface area (Å²) in [6.45, 7) is -0.421. The maximum Gasteiger partial charge on any atom is 0.357 e. The van der Waals surface area contributed by atoms with Crippen LogP contribution in [-0.4, -0.2) is 23.5 Å². The van der Waals surface area contributed by atoms with E-state index >= 15 is 0 Å². The highest BCUT2D eigenvalue weighted by Crippen LogP contribution is 1.95. The Morgan fingerprint density at radius 2 is 2.23 bits per heavy atom. The number of ether oxygens (including phenoxy) is 1. The summed E-state index contributed by atoms with van der Waals surface area (Å²) in [5.41, 5.74) is 4.94. The molecule has 5 heteroatoms. The van der Waals surface area contributed by atoms with Crippen LogP contribution in [-0.2, 0) is 9.53 Å². The maximum atomic E-state index is 11.1. The summed E-state index contributed by atoms with van der Waals surface area (Å²) in [7, 11) is 0. The predicted octanol–water partition coefficient (Wildman–Crippen LogP) is -0.276. The van der Waals surface area contributed by atoms with Crippen molar-refractivity contribution >= 4 is 11.9 Å². The van der Waals surface area contributed by atoms with Crippen LogP contribution in [0.3, 0.4) is 0 Å². The fourth-order valence-corrected chi connectivity index (χ4v) is 0.694. The van der Waals surface area contributed by atoms with Gasteiger partial charge in [0, 0.05) is 6.20 Å². The van der Waals surface area contributed by atoms with Crippen molar-refractivity contribution in [3.05, 3.63) is 30.1 Å². The van der Waals surface area contributed by atoms with Crippen molar-refractivity contribution < 1.29 is 14.3 Å². The molecule has 0 atom stereocenters. The van der Waals surface area contributed by atoms with E-state index in [2.05, 4.69) is 9.72 Å². The van der Waals surface area contributed by atoms with Crippen LogP contribution in [0.4, 0.5) is 0 Å². The third-order valence-corrected chi connectivity index (χ3v) is 1.22. The van der Waals surface area contributed by atoms with Gasteiger partial charge in [0.05, 0.1) is 0 Å². The Morgan fingerprint density at radius 3 is 2.77 bits per heavy atom. The van der Waals surface area contributed by atoms with Gasteiger partial charge in [-0.05, 0) is 12.1 Å². The summed E-state index contributed by atoms with van der Waals surface area (Å²) in [6, 6.07) is 4.81. The number of pyridine rings is 1. The molecule has 0 saturated heterocycles. The SMILES string of the molecule is NC(=O)COC(=O)c1ccccn1. The monoisotopic (exact) mass is 180 g/mol. The van der Waals surface area contributed by atoms with E-state index in [-0.39, 0.29) is 5.69 Å². The Kier molecular flexibility index (Phi) is 2.97. The largest absolute Gasteiger partial charge is 0.451 e. The summed E-state index contributed by atoms with van der Waals surface area (Å²) >= 11 is 0. The molecule has 0 saturated carbocycles. The van der Waals surface area contributed by atoms with Gasteiger partial charge >= 0.3 is 5.97 Å². The molecule has 0 aromatic carbocycles. The molecule has 0 spiro atoms. The molecule has 1 aromatic heterocycles. The number of nitrogens with two attached hydrogens (primary N) is 1. The highest BCUT2D eigenvalue weighted by Gasteiger charge is 2.08. The first-order valence-corrected chi connectivity index (χ1v) is 3.56. The van der Waals surface area contributed by atoms with Crippen molar-refractivity contribution in [3.63, 3.8) is 0 Å². The van der Waals surface area contributed by atoms with Crippen molar-refractivity contribution in [1.82, 2.24) is 4.98 Å². The van der Waals surface area contributed by atoms with Gasteiger partial charge in [-0.1, -0.05) is 6.07 Å². The number of nitrogens with zero attached hydrogens (tertiary/aromatic N) is 1. The maximum absolute atomic E-state index is 11.1. The molecule has 0 aliphatic heterocycles. The Morgan fingerprint density at radius 1 is 1.46 bits per heavy atom. The zero-order chi connectivity index (χ0) is 9.68. The molecule has 0 bridgehead atoms. The third kappa shape index (κ3) is 2.90. The second-order valence-electron chi connectivity index (χ2n) is 2.26. The number of carbonyl (C=O) groups is 2. The van der Waals surface area contributed by atoms with Gasteiger partial charge < -0.3 is 10.5 Å². The first-order chi connectivity index (χ1) is 6.20. The van der Waals surface area contributed by atoms with E-state index in [9.17, 15) is 9.59 Å². The standard InChI is InChI=1S/C8H8N2O3/c9-7(11)5-13-8(12)6-3-1-2-4-10-6/h1-4H,5H2,(H2,9,11). The quantitative estimate of drug-likeness (QED) is 0.649. The summed E-state index contributed by atoms with van der Waals surface area (Å²) in [5, 5.41) is 0. The van der Waals surface area contributed by atoms with E-state index in [0.717, 1.165) is 0 Å². The smallest absolute Gasteiger partial charge is 0.357 e. The number of amides is 1. The van der Waals surface area contributed by atoms with E-state index in [1.807, 2.05) is 0 Å². The van der Waals surface area contributed by atoms with Crippen LogP contribution in [0, 0.1) is 0 Å². The zero-order valence-corrected chi connectivity index (χ0v) is 6.77. The van der Waals surface area contributed by atoms with Crippen molar-refractivity contribution in [2.75, 3.05) is 6.61 Å². The fourth-order valence-electron chi connectivity index (χ4n) is 0.694. The van der Waals surface area contributed by atoms with Gasteiger partial charge in [0.25, 0.3) is 5.91 Å². The van der Waals surface area contributed by atoms with Crippen LogP contribution >= 0.6 is 0 Å². The lowest BCUT2D eigenvalue weighted by atomic mass is 10.3. The predicted molar refractivity (Wildman–Crippen MR) is 43.7 cm³/mol. The number of hydrogen-bond acceptors (Lipinski definition) is 4.